The van der Waals surface area contributed by atoms with Crippen molar-refractivity contribution >= 4 is 34.1 Å². The van der Waals surface area contributed by atoms with Crippen LogP contribution in [0.3, 0.4) is 0 Å². The summed E-state index contributed by atoms with van der Waals surface area (Å²) in [6, 6.07) is 19.9. The Labute approximate surface area is 167 Å². The molecule has 0 atom stereocenters. The van der Waals surface area contributed by atoms with E-state index in [1.54, 1.807) is 11.8 Å². The minimum Gasteiger partial charge on any atom is -0.494 e. The molecule has 3 aromatic rings. The van der Waals surface area contributed by atoms with E-state index in [2.05, 4.69) is 27.6 Å². The Morgan fingerprint density at radius 3 is 2.52 bits per heavy atom. The Morgan fingerprint density at radius 2 is 1.74 bits per heavy atom. The van der Waals surface area contributed by atoms with E-state index in [1.165, 1.54) is 16.9 Å². The number of thioether (sulfide) groups is 1. The zero-order valence-electron chi connectivity index (χ0n) is 14.8. The monoisotopic (exact) mass is 399 g/mol. The maximum Gasteiger partial charge on any atom is 0.226 e. The van der Waals surface area contributed by atoms with Gasteiger partial charge in [-0.05, 0) is 24.1 Å². The largest absolute Gasteiger partial charge is 0.494 e. The molecule has 1 aromatic heterocycles. The predicted octanol–water partition coefficient (Wildman–Crippen LogP) is 4.77. The quantitative estimate of drug-likeness (QED) is 0.498. The Bertz CT molecular complexity index is 826. The van der Waals surface area contributed by atoms with E-state index in [1.807, 2.05) is 48.5 Å². The molecule has 0 aliphatic rings. The Balaban J connectivity index is 1.32. The maximum atomic E-state index is 12.0. The molecule has 3 rings (SSSR count). The van der Waals surface area contributed by atoms with E-state index >= 15 is 0 Å². The third-order valence-corrected chi connectivity index (χ3v) is 5.65. The first kappa shape index (κ1) is 19.4. The van der Waals surface area contributed by atoms with Crippen LogP contribution in [0.5, 0.6) is 5.75 Å². The average molecular weight is 400 g/mol. The van der Waals surface area contributed by atoms with Crippen molar-refractivity contribution in [3.05, 3.63) is 71.2 Å². The lowest BCUT2D eigenvalue weighted by Crippen LogP contribution is -2.12. The molecule has 5 nitrogen and oxygen atoms in total. The van der Waals surface area contributed by atoms with Gasteiger partial charge in [-0.3, -0.25) is 4.79 Å². The standard InChI is InChI=1S/C20H21N3O2S2/c24-18(12-7-13-25-17-10-5-2-6-11-17)21-20-23-22-19(27-20)15-26-14-16-8-3-1-4-9-16/h1-6,8-11H,7,12-15H2,(H,21,23,24). The fraction of sp³-hybridized carbons (Fsp3) is 0.250. The van der Waals surface area contributed by atoms with Gasteiger partial charge in [-0.25, -0.2) is 0 Å². The van der Waals surface area contributed by atoms with Crippen molar-refractivity contribution in [1.29, 1.82) is 0 Å². The average Bonchev–Trinajstić information content (AvgIpc) is 3.14. The highest BCUT2D eigenvalue weighted by Crippen LogP contribution is 2.22. The maximum absolute atomic E-state index is 12.0. The van der Waals surface area contributed by atoms with Crippen LogP contribution in [0.4, 0.5) is 5.13 Å². The Morgan fingerprint density at radius 1 is 1.00 bits per heavy atom. The van der Waals surface area contributed by atoms with E-state index in [0.717, 1.165) is 22.3 Å². The van der Waals surface area contributed by atoms with Gasteiger partial charge in [0.25, 0.3) is 0 Å². The number of carbonyl (C=O) groups is 1. The number of hydrogen-bond donors (Lipinski definition) is 1. The van der Waals surface area contributed by atoms with Crippen LogP contribution in [-0.4, -0.2) is 22.7 Å². The zero-order chi connectivity index (χ0) is 18.7. The second-order valence-electron chi connectivity index (χ2n) is 5.79. The van der Waals surface area contributed by atoms with Crippen LogP contribution in [0.25, 0.3) is 0 Å². The van der Waals surface area contributed by atoms with Crippen molar-refractivity contribution in [2.75, 3.05) is 11.9 Å². The summed E-state index contributed by atoms with van der Waals surface area (Å²) in [6.45, 7) is 0.509. The van der Waals surface area contributed by atoms with Gasteiger partial charge in [-0.2, -0.15) is 0 Å². The Hall–Kier alpha value is -2.38. The van der Waals surface area contributed by atoms with Crippen LogP contribution in [-0.2, 0) is 16.3 Å². The second-order valence-corrected chi connectivity index (χ2v) is 7.84. The summed E-state index contributed by atoms with van der Waals surface area (Å²) in [5, 5.41) is 12.5. The number of carbonyl (C=O) groups excluding carboxylic acids is 1. The van der Waals surface area contributed by atoms with Crippen molar-refractivity contribution in [2.45, 2.75) is 24.3 Å². The number of nitrogens with zero attached hydrogens (tertiary/aromatic N) is 2. The van der Waals surface area contributed by atoms with E-state index in [4.69, 9.17) is 4.74 Å². The van der Waals surface area contributed by atoms with Crippen LogP contribution in [0.15, 0.2) is 60.7 Å². The van der Waals surface area contributed by atoms with Crippen molar-refractivity contribution in [3.63, 3.8) is 0 Å². The molecule has 0 unspecified atom stereocenters. The summed E-state index contributed by atoms with van der Waals surface area (Å²) in [7, 11) is 0. The molecule has 1 N–H and O–H groups in total. The molecular weight excluding hydrogens is 378 g/mol. The van der Waals surface area contributed by atoms with Gasteiger partial charge in [0.15, 0.2) is 0 Å². The number of hydrogen-bond acceptors (Lipinski definition) is 6. The van der Waals surface area contributed by atoms with E-state index in [0.29, 0.717) is 24.6 Å². The zero-order valence-corrected chi connectivity index (χ0v) is 16.5. The molecule has 0 aliphatic carbocycles. The molecule has 1 amide bonds. The van der Waals surface area contributed by atoms with Crippen LogP contribution in [0.1, 0.15) is 23.4 Å². The van der Waals surface area contributed by atoms with E-state index in [-0.39, 0.29) is 5.91 Å². The van der Waals surface area contributed by atoms with Crippen LogP contribution in [0, 0.1) is 0 Å². The van der Waals surface area contributed by atoms with Gasteiger partial charge in [-0.15, -0.1) is 22.0 Å². The number of ether oxygens (including phenoxy) is 1. The number of anilines is 1. The van der Waals surface area contributed by atoms with Gasteiger partial charge in [0.05, 0.1) is 6.61 Å². The minimum atomic E-state index is -0.0636. The summed E-state index contributed by atoms with van der Waals surface area (Å²) in [4.78, 5) is 12.0. The van der Waals surface area contributed by atoms with Crippen molar-refractivity contribution in [3.8, 4) is 5.75 Å². The second kappa shape index (κ2) is 10.7. The molecule has 0 radical (unpaired) electrons. The lowest BCUT2D eigenvalue weighted by molar-refractivity contribution is -0.116. The van der Waals surface area contributed by atoms with Gasteiger partial charge in [0, 0.05) is 17.9 Å². The lowest BCUT2D eigenvalue weighted by Gasteiger charge is -2.05. The number of para-hydroxylation sites is 1. The molecule has 7 heteroatoms. The first-order chi connectivity index (χ1) is 13.3. The molecule has 0 saturated carbocycles. The fourth-order valence-corrected chi connectivity index (χ4v) is 4.11. The van der Waals surface area contributed by atoms with Crippen molar-refractivity contribution < 1.29 is 9.53 Å². The van der Waals surface area contributed by atoms with Gasteiger partial charge in [0.1, 0.15) is 10.8 Å². The summed E-state index contributed by atoms with van der Waals surface area (Å²) in [6.07, 6.45) is 1.05. The summed E-state index contributed by atoms with van der Waals surface area (Å²) in [5.41, 5.74) is 1.29. The molecule has 27 heavy (non-hydrogen) atoms. The summed E-state index contributed by atoms with van der Waals surface area (Å²) in [5.74, 6) is 2.47. The topological polar surface area (TPSA) is 64.1 Å². The lowest BCUT2D eigenvalue weighted by atomic mass is 10.2. The first-order valence-corrected chi connectivity index (χ1v) is 10.7. The first-order valence-electron chi connectivity index (χ1n) is 8.71. The molecule has 0 spiro atoms. The molecule has 0 bridgehead atoms. The van der Waals surface area contributed by atoms with Crippen molar-refractivity contribution in [2.24, 2.45) is 0 Å². The smallest absolute Gasteiger partial charge is 0.226 e. The van der Waals surface area contributed by atoms with Crippen molar-refractivity contribution in [1.82, 2.24) is 10.2 Å². The molecular formula is C20H21N3O2S2. The highest BCUT2D eigenvalue weighted by atomic mass is 32.2. The molecule has 0 saturated heterocycles. The van der Waals surface area contributed by atoms with E-state index in [9.17, 15) is 4.79 Å². The summed E-state index contributed by atoms with van der Waals surface area (Å²) < 4.78 is 5.58. The number of aromatic nitrogens is 2. The van der Waals surface area contributed by atoms with E-state index < -0.39 is 0 Å². The molecule has 1 heterocycles. The predicted molar refractivity (Wildman–Crippen MR) is 111 cm³/mol. The minimum absolute atomic E-state index is 0.0636. The molecule has 0 fully saturated rings. The fourth-order valence-electron chi connectivity index (χ4n) is 2.31. The molecule has 140 valence electrons. The van der Waals surface area contributed by atoms with Gasteiger partial charge >= 0.3 is 0 Å². The van der Waals surface area contributed by atoms with Crippen LogP contribution >= 0.6 is 23.1 Å². The van der Waals surface area contributed by atoms with Gasteiger partial charge in [-0.1, -0.05) is 59.9 Å². The SMILES string of the molecule is O=C(CCCOc1ccccc1)Nc1nnc(CSCc2ccccc2)s1. The summed E-state index contributed by atoms with van der Waals surface area (Å²) >= 11 is 3.21. The van der Waals surface area contributed by atoms with Crippen LogP contribution in [0.2, 0.25) is 0 Å². The highest BCUT2D eigenvalue weighted by Gasteiger charge is 2.08. The number of nitrogens with one attached hydrogen (secondary N) is 1. The number of rotatable bonds is 10. The number of amides is 1. The van der Waals surface area contributed by atoms with Crippen LogP contribution < -0.4 is 10.1 Å². The molecule has 0 aliphatic heterocycles. The third-order valence-electron chi connectivity index (χ3n) is 3.61. The van der Waals surface area contributed by atoms with Gasteiger partial charge < -0.3 is 10.1 Å². The molecule has 2 aromatic carbocycles. The normalized spacial score (nSPS) is 10.5. The third kappa shape index (κ3) is 7.03. The number of benzene rings is 2. The van der Waals surface area contributed by atoms with Gasteiger partial charge in [0.2, 0.25) is 11.0 Å². The highest BCUT2D eigenvalue weighted by molar-refractivity contribution is 7.97. The Kier molecular flexibility index (Phi) is 7.68.